The van der Waals surface area contributed by atoms with Gasteiger partial charge in [-0.25, -0.2) is 4.98 Å². The van der Waals surface area contributed by atoms with Crippen molar-refractivity contribution in [2.24, 2.45) is 0 Å². The number of aromatic amines is 1. The number of aromatic nitrogens is 2. The van der Waals surface area contributed by atoms with E-state index in [4.69, 9.17) is 0 Å². The maximum atomic E-state index is 13.1. The normalized spacial score (nSPS) is 16.2. The summed E-state index contributed by atoms with van der Waals surface area (Å²) >= 11 is 0. The van der Waals surface area contributed by atoms with E-state index in [0.717, 1.165) is 16.6 Å². The van der Waals surface area contributed by atoms with Crippen LogP contribution in [-0.4, -0.2) is 33.7 Å². The van der Waals surface area contributed by atoms with Crippen LogP contribution in [0.2, 0.25) is 0 Å². The van der Waals surface area contributed by atoms with E-state index in [1.54, 1.807) is 24.3 Å². The molecular weight excluding hydrogens is 430 g/mol. The summed E-state index contributed by atoms with van der Waals surface area (Å²) in [7, 11) is 0. The molecule has 0 radical (unpaired) electrons. The van der Waals surface area contributed by atoms with Gasteiger partial charge in [0.2, 0.25) is 11.8 Å². The van der Waals surface area contributed by atoms with Crippen molar-refractivity contribution in [2.45, 2.75) is 24.9 Å². The number of anilines is 1. The SMILES string of the molecule is O=C(CC1NC(=O)c2ccccc2NC1=O)N[C@@H](Cc1ccccc1)c1nc2ccccc2[nH]1. The number of para-hydroxylation sites is 3. The summed E-state index contributed by atoms with van der Waals surface area (Å²) in [5.41, 5.74) is 3.50. The number of rotatable bonds is 6. The van der Waals surface area contributed by atoms with Gasteiger partial charge in [-0.05, 0) is 36.2 Å². The average Bonchev–Trinajstić information content (AvgIpc) is 3.24. The topological polar surface area (TPSA) is 116 Å². The summed E-state index contributed by atoms with van der Waals surface area (Å²) in [6.07, 6.45) is 0.318. The van der Waals surface area contributed by atoms with Gasteiger partial charge in [-0.2, -0.15) is 0 Å². The molecule has 0 saturated heterocycles. The molecule has 0 bridgehead atoms. The summed E-state index contributed by atoms with van der Waals surface area (Å²) < 4.78 is 0. The number of carbonyl (C=O) groups is 3. The maximum absolute atomic E-state index is 13.1. The van der Waals surface area contributed by atoms with Crippen LogP contribution in [0.4, 0.5) is 5.69 Å². The zero-order valence-corrected chi connectivity index (χ0v) is 18.2. The standard InChI is InChI=1S/C26H23N5O3/c32-23(15-22-26(34)30-18-11-5-4-10-17(18)25(33)31-22)27-21(14-16-8-2-1-3-9-16)24-28-19-12-6-7-13-20(19)29-24/h1-13,21-22H,14-15H2,(H,27,32)(H,28,29)(H,30,34)(H,31,33)/t21-,22?/m0/s1. The first-order chi connectivity index (χ1) is 16.6. The first-order valence-corrected chi connectivity index (χ1v) is 11.1. The number of amides is 3. The van der Waals surface area contributed by atoms with Gasteiger partial charge in [-0.15, -0.1) is 0 Å². The van der Waals surface area contributed by atoms with Crippen molar-refractivity contribution in [1.29, 1.82) is 0 Å². The molecule has 1 aliphatic rings. The zero-order valence-electron chi connectivity index (χ0n) is 18.2. The molecule has 1 aromatic heterocycles. The highest BCUT2D eigenvalue weighted by Crippen LogP contribution is 2.21. The Morgan fingerprint density at radius 1 is 0.941 bits per heavy atom. The second-order valence-corrected chi connectivity index (χ2v) is 8.21. The van der Waals surface area contributed by atoms with Crippen molar-refractivity contribution < 1.29 is 14.4 Å². The van der Waals surface area contributed by atoms with Gasteiger partial charge in [0.1, 0.15) is 11.9 Å². The van der Waals surface area contributed by atoms with Crippen molar-refractivity contribution in [3.05, 3.63) is 95.8 Å². The van der Waals surface area contributed by atoms with E-state index in [0.29, 0.717) is 23.5 Å². The Hall–Kier alpha value is -4.46. The fraction of sp³-hybridized carbons (Fsp3) is 0.154. The van der Waals surface area contributed by atoms with Gasteiger partial charge in [0.25, 0.3) is 5.91 Å². The molecule has 0 saturated carbocycles. The van der Waals surface area contributed by atoms with E-state index in [9.17, 15) is 14.4 Å². The maximum Gasteiger partial charge on any atom is 0.254 e. The third-order valence-electron chi connectivity index (χ3n) is 5.80. The predicted octanol–water partition coefficient (Wildman–Crippen LogP) is 3.10. The predicted molar refractivity (Wildman–Crippen MR) is 128 cm³/mol. The Labute approximate surface area is 195 Å². The lowest BCUT2D eigenvalue weighted by Gasteiger charge is -2.19. The van der Waals surface area contributed by atoms with E-state index >= 15 is 0 Å². The second kappa shape index (κ2) is 9.19. The number of fused-ring (bicyclic) bond motifs is 2. The number of hydrogen-bond acceptors (Lipinski definition) is 4. The van der Waals surface area contributed by atoms with Crippen LogP contribution in [0.5, 0.6) is 0 Å². The molecule has 1 unspecified atom stereocenters. The van der Waals surface area contributed by atoms with Crippen LogP contribution >= 0.6 is 0 Å². The lowest BCUT2D eigenvalue weighted by atomic mass is 10.0. The molecule has 2 atom stereocenters. The number of nitrogens with one attached hydrogen (secondary N) is 4. The first kappa shape index (κ1) is 21.4. The highest BCUT2D eigenvalue weighted by molar-refractivity contribution is 6.10. The number of hydrogen-bond donors (Lipinski definition) is 4. The summed E-state index contributed by atoms with van der Waals surface area (Å²) in [4.78, 5) is 46.3. The van der Waals surface area contributed by atoms with Gasteiger partial charge in [0, 0.05) is 0 Å². The van der Waals surface area contributed by atoms with Gasteiger partial charge >= 0.3 is 0 Å². The van der Waals surface area contributed by atoms with Crippen molar-refractivity contribution in [1.82, 2.24) is 20.6 Å². The molecule has 170 valence electrons. The number of nitrogens with zero attached hydrogens (tertiary/aromatic N) is 1. The lowest BCUT2D eigenvalue weighted by Crippen LogP contribution is -2.45. The van der Waals surface area contributed by atoms with Crippen molar-refractivity contribution >= 4 is 34.4 Å². The minimum absolute atomic E-state index is 0.197. The van der Waals surface area contributed by atoms with Gasteiger partial charge in [-0.3, -0.25) is 14.4 Å². The van der Waals surface area contributed by atoms with Crippen LogP contribution in [-0.2, 0) is 16.0 Å². The molecular formula is C26H23N5O3. The Bertz CT molecular complexity index is 1330. The highest BCUT2D eigenvalue weighted by atomic mass is 16.2. The average molecular weight is 454 g/mol. The van der Waals surface area contributed by atoms with Crippen molar-refractivity contribution in [3.63, 3.8) is 0 Å². The van der Waals surface area contributed by atoms with Crippen LogP contribution in [0, 0.1) is 0 Å². The first-order valence-electron chi connectivity index (χ1n) is 11.1. The monoisotopic (exact) mass is 453 g/mol. The summed E-state index contributed by atoms with van der Waals surface area (Å²) in [6.45, 7) is 0. The molecule has 4 N–H and O–H groups in total. The zero-order chi connectivity index (χ0) is 23.5. The second-order valence-electron chi connectivity index (χ2n) is 8.21. The molecule has 0 spiro atoms. The molecule has 3 aromatic carbocycles. The largest absolute Gasteiger partial charge is 0.346 e. The summed E-state index contributed by atoms with van der Waals surface area (Å²) in [5.74, 6) is -0.574. The molecule has 4 aromatic rings. The van der Waals surface area contributed by atoms with Crippen molar-refractivity contribution in [3.8, 4) is 0 Å². The molecule has 3 amide bonds. The van der Waals surface area contributed by atoms with Crippen LogP contribution in [0.1, 0.15) is 34.2 Å². The van der Waals surface area contributed by atoms with E-state index in [-0.39, 0.29) is 12.3 Å². The molecule has 8 heteroatoms. The molecule has 1 aliphatic heterocycles. The minimum Gasteiger partial charge on any atom is -0.346 e. The smallest absolute Gasteiger partial charge is 0.254 e. The van der Waals surface area contributed by atoms with Gasteiger partial charge in [-0.1, -0.05) is 54.6 Å². The molecule has 0 fully saturated rings. The number of H-pyrrole nitrogens is 1. The fourth-order valence-corrected chi connectivity index (χ4v) is 4.10. The third-order valence-corrected chi connectivity index (χ3v) is 5.80. The van der Waals surface area contributed by atoms with E-state index in [2.05, 4.69) is 25.9 Å². The van der Waals surface area contributed by atoms with E-state index in [1.807, 2.05) is 54.6 Å². The quantitative estimate of drug-likeness (QED) is 0.359. The van der Waals surface area contributed by atoms with Gasteiger partial charge in [0.05, 0.1) is 34.7 Å². The third kappa shape index (κ3) is 4.52. The highest BCUT2D eigenvalue weighted by Gasteiger charge is 2.30. The van der Waals surface area contributed by atoms with Crippen molar-refractivity contribution in [2.75, 3.05) is 5.32 Å². The number of carbonyl (C=O) groups excluding carboxylic acids is 3. The van der Waals surface area contributed by atoms with E-state index in [1.165, 1.54) is 0 Å². The lowest BCUT2D eigenvalue weighted by molar-refractivity contribution is -0.126. The molecule has 0 aliphatic carbocycles. The van der Waals surface area contributed by atoms with Crippen LogP contribution in [0.25, 0.3) is 11.0 Å². The Morgan fingerprint density at radius 2 is 1.68 bits per heavy atom. The fourth-order valence-electron chi connectivity index (χ4n) is 4.10. The summed E-state index contributed by atoms with van der Waals surface area (Å²) in [5, 5.41) is 8.40. The minimum atomic E-state index is -0.993. The van der Waals surface area contributed by atoms with Crippen LogP contribution < -0.4 is 16.0 Å². The Morgan fingerprint density at radius 3 is 2.50 bits per heavy atom. The van der Waals surface area contributed by atoms with Gasteiger partial charge in [0.15, 0.2) is 0 Å². The van der Waals surface area contributed by atoms with Crippen LogP contribution in [0.3, 0.4) is 0 Å². The molecule has 5 rings (SSSR count). The molecule has 34 heavy (non-hydrogen) atoms. The van der Waals surface area contributed by atoms with Gasteiger partial charge < -0.3 is 20.9 Å². The molecule has 8 nitrogen and oxygen atoms in total. The molecule has 2 heterocycles. The van der Waals surface area contributed by atoms with Crippen LogP contribution in [0.15, 0.2) is 78.9 Å². The number of imidazole rings is 1. The number of benzene rings is 3. The Balaban J connectivity index is 1.35. The Kier molecular flexibility index (Phi) is 5.78. The summed E-state index contributed by atoms with van der Waals surface area (Å²) in [6, 6.07) is 22.7. The van der Waals surface area contributed by atoms with E-state index < -0.39 is 23.9 Å².